The average molecular weight is 274 g/mol. The first-order valence-corrected chi connectivity index (χ1v) is 7.46. The summed E-state index contributed by atoms with van der Waals surface area (Å²) < 4.78 is 29.2. The molecule has 0 spiro atoms. The molecule has 0 fully saturated rings. The largest absolute Gasteiger partial charge is 0.481 e. The molecule has 10 heteroatoms. The van der Waals surface area contributed by atoms with Crippen molar-refractivity contribution in [3.8, 4) is 0 Å². The van der Waals surface area contributed by atoms with Gasteiger partial charge in [-0.3, -0.25) is 4.52 Å². The topological polar surface area (TPSA) is 113 Å². The van der Waals surface area contributed by atoms with Gasteiger partial charge >= 0.3 is 15.6 Å². The van der Waals surface area contributed by atoms with Gasteiger partial charge in [0.15, 0.2) is 0 Å². The van der Waals surface area contributed by atoms with Gasteiger partial charge in [0.1, 0.15) is 0 Å². The van der Waals surface area contributed by atoms with Crippen LogP contribution in [0, 0.1) is 0 Å². The van der Waals surface area contributed by atoms with Crippen LogP contribution in [-0.2, 0) is 24.6 Å². The lowest BCUT2D eigenvalue weighted by Gasteiger charge is -2.11. The zero-order valence-electron chi connectivity index (χ0n) is 7.22. The van der Waals surface area contributed by atoms with Gasteiger partial charge in [0, 0.05) is 4.88 Å². The van der Waals surface area contributed by atoms with Gasteiger partial charge < -0.3 is 14.7 Å². The van der Waals surface area contributed by atoms with E-state index in [9.17, 15) is 9.13 Å². The Morgan fingerprint density at radius 1 is 1.33 bits per heavy atom. The highest BCUT2D eigenvalue weighted by Crippen LogP contribution is 2.57. The van der Waals surface area contributed by atoms with Crippen molar-refractivity contribution in [3.05, 3.63) is 22.4 Å². The van der Waals surface area contributed by atoms with Crippen LogP contribution in [0.25, 0.3) is 0 Å². The molecular weight excluding hydrogens is 266 g/mol. The van der Waals surface area contributed by atoms with Gasteiger partial charge in [-0.1, -0.05) is 6.07 Å². The summed E-state index contributed by atoms with van der Waals surface area (Å²) in [4.78, 5) is 26.1. The normalized spacial score (nSPS) is 16.2. The Labute approximate surface area is 89.1 Å². The van der Waals surface area contributed by atoms with E-state index >= 15 is 0 Å². The van der Waals surface area contributed by atoms with Gasteiger partial charge in [-0.25, -0.2) is 9.13 Å². The zero-order chi connectivity index (χ0) is 11.5. The molecule has 15 heavy (non-hydrogen) atoms. The summed E-state index contributed by atoms with van der Waals surface area (Å²) in [6.07, 6.45) is 0. The van der Waals surface area contributed by atoms with Gasteiger partial charge in [0.05, 0.1) is 6.61 Å². The lowest BCUT2D eigenvalue weighted by atomic mass is 10.5. The molecule has 7 nitrogen and oxygen atoms in total. The molecule has 0 bridgehead atoms. The van der Waals surface area contributed by atoms with E-state index < -0.39 is 15.6 Å². The maximum absolute atomic E-state index is 10.9. The molecule has 1 aromatic heterocycles. The Morgan fingerprint density at radius 2 is 2.00 bits per heavy atom. The molecule has 0 saturated carbocycles. The highest BCUT2D eigenvalue weighted by molar-refractivity contribution is 7.60. The highest BCUT2D eigenvalue weighted by Gasteiger charge is 2.32. The average Bonchev–Trinajstić information content (AvgIpc) is 2.47. The predicted molar refractivity (Wildman–Crippen MR) is 52.1 cm³/mol. The van der Waals surface area contributed by atoms with Crippen LogP contribution < -0.4 is 0 Å². The summed E-state index contributed by atoms with van der Waals surface area (Å²) in [5.74, 6) is 0. The molecule has 1 aromatic rings. The standard InChI is InChI=1S/C5H8O7P2S/c6-13(7,8)12-14(9,10)11-4-5-2-1-3-15-5/h1-3H,4H2,(H,9,10)(H2,6,7,8). The molecule has 1 atom stereocenters. The Balaban J connectivity index is 2.50. The molecule has 1 unspecified atom stereocenters. The number of rotatable bonds is 5. The summed E-state index contributed by atoms with van der Waals surface area (Å²) in [6.45, 7) is -0.245. The van der Waals surface area contributed by atoms with Crippen molar-refractivity contribution in [1.82, 2.24) is 0 Å². The molecule has 86 valence electrons. The molecule has 3 N–H and O–H groups in total. The Kier molecular flexibility index (Phi) is 4.22. The summed E-state index contributed by atoms with van der Waals surface area (Å²) in [6, 6.07) is 3.34. The van der Waals surface area contributed by atoms with Crippen LogP contribution in [0.4, 0.5) is 0 Å². The summed E-state index contributed by atoms with van der Waals surface area (Å²) in [5.41, 5.74) is 0. The predicted octanol–water partition coefficient (Wildman–Crippen LogP) is 1.47. The van der Waals surface area contributed by atoms with Gasteiger partial charge in [-0.15, -0.1) is 11.3 Å². The van der Waals surface area contributed by atoms with Crippen molar-refractivity contribution in [2.45, 2.75) is 6.61 Å². The van der Waals surface area contributed by atoms with Crippen LogP contribution in [0.1, 0.15) is 4.88 Å². The molecule has 0 aliphatic rings. The summed E-state index contributed by atoms with van der Waals surface area (Å²) in [5, 5.41) is 1.73. The van der Waals surface area contributed by atoms with E-state index in [1.54, 1.807) is 17.5 Å². The minimum atomic E-state index is -5.03. The van der Waals surface area contributed by atoms with Crippen molar-refractivity contribution >= 4 is 27.0 Å². The van der Waals surface area contributed by atoms with E-state index in [0.717, 1.165) is 0 Å². The smallest absolute Gasteiger partial charge is 0.302 e. The fourth-order valence-corrected chi connectivity index (χ4v) is 2.97. The number of thiophene rings is 1. The molecule has 0 aromatic carbocycles. The van der Waals surface area contributed by atoms with E-state index in [2.05, 4.69) is 8.83 Å². The molecular formula is C5H8O7P2S. The van der Waals surface area contributed by atoms with Gasteiger partial charge in [0.25, 0.3) is 0 Å². The SMILES string of the molecule is O=P(O)(O)OP(=O)(O)OCc1cccs1. The molecule has 0 aliphatic carbocycles. The zero-order valence-corrected chi connectivity index (χ0v) is 9.82. The number of phosphoric ester groups is 1. The Hall–Kier alpha value is -0.0400. The van der Waals surface area contributed by atoms with Crippen molar-refractivity contribution in [2.75, 3.05) is 0 Å². The van der Waals surface area contributed by atoms with Crippen molar-refractivity contribution < 1.29 is 32.6 Å². The molecule has 0 radical (unpaired) electrons. The maximum Gasteiger partial charge on any atom is 0.481 e. The molecule has 0 saturated heterocycles. The number of hydrogen-bond donors (Lipinski definition) is 3. The first kappa shape index (κ1) is 13.0. The van der Waals surface area contributed by atoms with Crippen LogP contribution >= 0.6 is 27.0 Å². The van der Waals surface area contributed by atoms with Gasteiger partial charge in [0.2, 0.25) is 0 Å². The Morgan fingerprint density at radius 3 is 2.47 bits per heavy atom. The second kappa shape index (κ2) is 4.86. The van der Waals surface area contributed by atoms with E-state index in [4.69, 9.17) is 14.7 Å². The fraction of sp³-hybridized carbons (Fsp3) is 0.200. The Bertz CT molecular complexity index is 396. The van der Waals surface area contributed by atoms with Gasteiger partial charge in [-0.2, -0.15) is 4.31 Å². The lowest BCUT2D eigenvalue weighted by molar-refractivity contribution is 0.173. The quantitative estimate of drug-likeness (QED) is 0.696. The number of phosphoric acid groups is 2. The minimum absolute atomic E-state index is 0.245. The van der Waals surface area contributed by atoms with Crippen molar-refractivity contribution in [1.29, 1.82) is 0 Å². The highest BCUT2D eigenvalue weighted by atomic mass is 32.1. The van der Waals surface area contributed by atoms with Gasteiger partial charge in [-0.05, 0) is 11.4 Å². The van der Waals surface area contributed by atoms with E-state index in [1.165, 1.54) is 11.3 Å². The van der Waals surface area contributed by atoms with Crippen LogP contribution in [0.3, 0.4) is 0 Å². The third-order valence-electron chi connectivity index (χ3n) is 1.16. The number of hydrogen-bond acceptors (Lipinski definition) is 5. The lowest BCUT2D eigenvalue weighted by Crippen LogP contribution is -1.93. The first-order valence-electron chi connectivity index (χ1n) is 3.55. The molecule has 0 amide bonds. The monoisotopic (exact) mass is 274 g/mol. The van der Waals surface area contributed by atoms with Crippen molar-refractivity contribution in [3.63, 3.8) is 0 Å². The van der Waals surface area contributed by atoms with Crippen LogP contribution in [-0.4, -0.2) is 14.7 Å². The van der Waals surface area contributed by atoms with Crippen molar-refractivity contribution in [2.24, 2.45) is 0 Å². The van der Waals surface area contributed by atoms with E-state index in [-0.39, 0.29) is 6.61 Å². The molecule has 0 aliphatic heterocycles. The minimum Gasteiger partial charge on any atom is -0.302 e. The summed E-state index contributed by atoms with van der Waals surface area (Å²) in [7, 11) is -9.74. The first-order chi connectivity index (χ1) is 6.79. The third-order valence-corrected chi connectivity index (χ3v) is 4.14. The molecule has 1 rings (SSSR count). The van der Waals surface area contributed by atoms with E-state index in [1.807, 2.05) is 0 Å². The maximum atomic E-state index is 10.9. The summed E-state index contributed by atoms with van der Waals surface area (Å²) >= 11 is 1.27. The van der Waals surface area contributed by atoms with Crippen LogP contribution in [0.15, 0.2) is 17.5 Å². The van der Waals surface area contributed by atoms with Crippen LogP contribution in [0.2, 0.25) is 0 Å². The molecule has 1 heterocycles. The van der Waals surface area contributed by atoms with E-state index in [0.29, 0.717) is 4.88 Å². The second-order valence-corrected chi connectivity index (χ2v) is 6.26. The van der Waals surface area contributed by atoms with Crippen LogP contribution in [0.5, 0.6) is 0 Å². The fourth-order valence-electron chi connectivity index (χ4n) is 0.698. The second-order valence-electron chi connectivity index (χ2n) is 2.39. The third kappa shape index (κ3) is 5.55.